The number of benzene rings is 2. The van der Waals surface area contributed by atoms with Crippen LogP contribution in [-0.2, 0) is 28.6 Å². The van der Waals surface area contributed by atoms with Gasteiger partial charge in [0.1, 0.15) is 11.3 Å². The number of rotatable bonds is 11. The zero-order valence-electron chi connectivity index (χ0n) is 20.2. The summed E-state index contributed by atoms with van der Waals surface area (Å²) in [4.78, 5) is 28.9. The predicted octanol–water partition coefficient (Wildman–Crippen LogP) is 4.71. The van der Waals surface area contributed by atoms with Crippen molar-refractivity contribution in [2.24, 2.45) is 0 Å². The van der Waals surface area contributed by atoms with Crippen molar-refractivity contribution >= 4 is 41.6 Å². The largest absolute Gasteiger partial charge is 0.494 e. The van der Waals surface area contributed by atoms with E-state index in [1.807, 2.05) is 36.5 Å². The van der Waals surface area contributed by atoms with Gasteiger partial charge in [-0.05, 0) is 79.1 Å². The van der Waals surface area contributed by atoms with Crippen molar-refractivity contribution < 1.29 is 24.1 Å². The SMILES string of the molecule is Cc1cc(OCCC[PH](=O)O)ccc1CCc1cnc2c(N)nc3cc(CCC(=O)O)ccc3c2c1. The van der Waals surface area contributed by atoms with Crippen LogP contribution in [0.5, 0.6) is 5.75 Å². The molecular weight excluding hydrogens is 477 g/mol. The van der Waals surface area contributed by atoms with Crippen LogP contribution < -0.4 is 10.5 Å². The lowest BCUT2D eigenvalue weighted by Crippen LogP contribution is -2.01. The Hall–Kier alpha value is -3.48. The van der Waals surface area contributed by atoms with Gasteiger partial charge in [-0.3, -0.25) is 14.3 Å². The molecule has 36 heavy (non-hydrogen) atoms. The molecule has 9 heteroatoms. The monoisotopic (exact) mass is 507 g/mol. The molecule has 2 heterocycles. The van der Waals surface area contributed by atoms with E-state index in [2.05, 4.69) is 29.0 Å². The molecule has 0 aliphatic carbocycles. The van der Waals surface area contributed by atoms with Gasteiger partial charge in [-0.2, -0.15) is 0 Å². The zero-order chi connectivity index (χ0) is 25.7. The van der Waals surface area contributed by atoms with Gasteiger partial charge in [-0.1, -0.05) is 18.2 Å². The van der Waals surface area contributed by atoms with E-state index < -0.39 is 14.0 Å². The van der Waals surface area contributed by atoms with Crippen LogP contribution in [0, 0.1) is 6.92 Å². The minimum absolute atomic E-state index is 0.0688. The lowest BCUT2D eigenvalue weighted by Gasteiger charge is -2.11. The molecule has 0 aliphatic heterocycles. The second-order valence-electron chi connectivity index (χ2n) is 8.92. The van der Waals surface area contributed by atoms with Crippen molar-refractivity contribution in [2.45, 2.75) is 39.0 Å². The number of carboxylic acid groups (broad SMARTS) is 1. The maximum Gasteiger partial charge on any atom is 0.303 e. The molecule has 2 aromatic carbocycles. The van der Waals surface area contributed by atoms with E-state index in [0.717, 1.165) is 51.6 Å². The second kappa shape index (κ2) is 11.5. The van der Waals surface area contributed by atoms with Crippen molar-refractivity contribution in [2.75, 3.05) is 18.5 Å². The summed E-state index contributed by atoms with van der Waals surface area (Å²) in [5, 5.41) is 10.8. The number of aromatic nitrogens is 2. The standard InChI is InChI=1S/C27H30N3O5P/c1-17-13-21(35-11-2-12-36(33)34)8-7-20(17)6-3-19-14-23-22-9-4-18(5-10-25(31)32)15-24(22)30-27(28)26(23)29-16-19/h4,7-9,13-16,36H,2-3,5-6,10-12H2,1H3,(H2,28,30)(H,31,32)(H,33,34). The van der Waals surface area contributed by atoms with Crippen LogP contribution in [0.1, 0.15) is 35.1 Å². The third-order valence-corrected chi connectivity index (χ3v) is 6.99. The number of nitrogens with zero attached hydrogens (tertiary/aromatic N) is 2. The highest BCUT2D eigenvalue weighted by atomic mass is 31.1. The molecule has 0 radical (unpaired) electrons. The molecule has 0 aliphatic rings. The summed E-state index contributed by atoms with van der Waals surface area (Å²) in [5.41, 5.74) is 11.9. The Morgan fingerprint density at radius 2 is 1.89 bits per heavy atom. The summed E-state index contributed by atoms with van der Waals surface area (Å²) in [7, 11) is -2.44. The molecule has 8 nitrogen and oxygen atoms in total. The molecule has 0 saturated carbocycles. The second-order valence-corrected chi connectivity index (χ2v) is 10.2. The molecule has 4 aromatic rings. The number of carbonyl (C=O) groups is 1. The number of fused-ring (bicyclic) bond motifs is 3. The van der Waals surface area contributed by atoms with Crippen LogP contribution in [0.15, 0.2) is 48.7 Å². The van der Waals surface area contributed by atoms with E-state index in [-0.39, 0.29) is 12.6 Å². The van der Waals surface area contributed by atoms with Gasteiger partial charge in [0.15, 0.2) is 13.8 Å². The Labute approximate surface area is 210 Å². The summed E-state index contributed by atoms with van der Waals surface area (Å²) in [5.74, 6) is 0.292. The summed E-state index contributed by atoms with van der Waals surface area (Å²) < 4.78 is 16.5. The third-order valence-electron chi connectivity index (χ3n) is 6.21. The maximum atomic E-state index is 10.9. The van der Waals surface area contributed by atoms with Gasteiger partial charge in [-0.25, -0.2) is 4.98 Å². The Balaban J connectivity index is 1.49. The van der Waals surface area contributed by atoms with E-state index in [9.17, 15) is 9.36 Å². The van der Waals surface area contributed by atoms with E-state index in [0.29, 0.717) is 30.8 Å². The van der Waals surface area contributed by atoms with Gasteiger partial charge in [0.25, 0.3) is 0 Å². The average Bonchev–Trinajstić information content (AvgIpc) is 2.84. The highest BCUT2D eigenvalue weighted by molar-refractivity contribution is 7.37. The normalized spacial score (nSPS) is 12.2. The molecule has 4 N–H and O–H groups in total. The first-order chi connectivity index (χ1) is 17.3. The van der Waals surface area contributed by atoms with Gasteiger partial charge in [0.05, 0.1) is 12.1 Å². The molecule has 2 aromatic heterocycles. The van der Waals surface area contributed by atoms with E-state index in [1.165, 1.54) is 5.56 Å². The van der Waals surface area contributed by atoms with Crippen molar-refractivity contribution in [1.29, 1.82) is 0 Å². The minimum atomic E-state index is -2.44. The molecule has 4 rings (SSSR count). The van der Waals surface area contributed by atoms with Crippen LogP contribution in [0.4, 0.5) is 5.82 Å². The summed E-state index contributed by atoms with van der Waals surface area (Å²) in [6.45, 7) is 2.47. The molecule has 0 fully saturated rings. The lowest BCUT2D eigenvalue weighted by molar-refractivity contribution is -0.136. The highest BCUT2D eigenvalue weighted by Crippen LogP contribution is 2.29. The highest BCUT2D eigenvalue weighted by Gasteiger charge is 2.11. The van der Waals surface area contributed by atoms with E-state index >= 15 is 0 Å². The number of carboxylic acids is 1. The number of aryl methyl sites for hydroxylation is 4. The molecule has 1 unspecified atom stereocenters. The summed E-state index contributed by atoms with van der Waals surface area (Å²) >= 11 is 0. The lowest BCUT2D eigenvalue weighted by atomic mass is 9.99. The van der Waals surface area contributed by atoms with Crippen molar-refractivity contribution in [1.82, 2.24) is 9.97 Å². The van der Waals surface area contributed by atoms with Crippen molar-refractivity contribution in [3.63, 3.8) is 0 Å². The van der Waals surface area contributed by atoms with Crippen LogP contribution in [0.3, 0.4) is 0 Å². The fourth-order valence-electron chi connectivity index (χ4n) is 4.27. The Morgan fingerprint density at radius 3 is 2.64 bits per heavy atom. The Morgan fingerprint density at radius 1 is 1.06 bits per heavy atom. The molecule has 0 spiro atoms. The Bertz CT molecular complexity index is 1440. The number of nitrogen functional groups attached to an aromatic ring is 1. The van der Waals surface area contributed by atoms with Gasteiger partial charge >= 0.3 is 5.97 Å². The van der Waals surface area contributed by atoms with Crippen LogP contribution >= 0.6 is 8.03 Å². The topological polar surface area (TPSA) is 136 Å². The first-order valence-electron chi connectivity index (χ1n) is 11.9. The molecule has 188 valence electrons. The van der Waals surface area contributed by atoms with Crippen molar-refractivity contribution in [3.8, 4) is 5.75 Å². The van der Waals surface area contributed by atoms with Gasteiger partial charge in [0, 0.05) is 29.6 Å². The summed E-state index contributed by atoms with van der Waals surface area (Å²) in [6.07, 6.45) is 4.83. The van der Waals surface area contributed by atoms with Gasteiger partial charge < -0.3 is 20.5 Å². The van der Waals surface area contributed by atoms with Crippen LogP contribution in [-0.4, -0.2) is 38.7 Å². The van der Waals surface area contributed by atoms with Crippen LogP contribution in [0.2, 0.25) is 0 Å². The Kier molecular flexibility index (Phi) is 8.18. The van der Waals surface area contributed by atoms with Gasteiger partial charge in [-0.15, -0.1) is 0 Å². The number of aliphatic carboxylic acids is 1. The fourth-order valence-corrected chi connectivity index (χ4v) is 4.72. The zero-order valence-corrected chi connectivity index (χ0v) is 21.2. The minimum Gasteiger partial charge on any atom is -0.494 e. The van der Waals surface area contributed by atoms with Gasteiger partial charge in [0.2, 0.25) is 0 Å². The quantitative estimate of drug-likeness (QED) is 0.151. The smallest absolute Gasteiger partial charge is 0.303 e. The predicted molar refractivity (Wildman–Crippen MR) is 142 cm³/mol. The molecular formula is C27H30N3O5P. The number of nitrogens with two attached hydrogens (primary N) is 1. The maximum absolute atomic E-state index is 10.9. The molecule has 0 amide bonds. The molecule has 0 bridgehead atoms. The number of hydrogen-bond acceptors (Lipinski definition) is 6. The number of ether oxygens (including phenoxy) is 1. The first kappa shape index (κ1) is 25.6. The van der Waals surface area contributed by atoms with Crippen molar-refractivity contribution in [3.05, 3.63) is 70.9 Å². The average molecular weight is 508 g/mol. The third kappa shape index (κ3) is 6.39. The summed E-state index contributed by atoms with van der Waals surface area (Å²) in [6, 6.07) is 13.9. The fraction of sp³-hybridized carbons (Fsp3) is 0.296. The number of pyridine rings is 2. The number of hydrogen-bond donors (Lipinski definition) is 3. The van der Waals surface area contributed by atoms with E-state index in [4.69, 9.17) is 20.5 Å². The first-order valence-corrected chi connectivity index (χ1v) is 13.5. The van der Waals surface area contributed by atoms with E-state index in [1.54, 1.807) is 0 Å². The van der Waals surface area contributed by atoms with Crippen LogP contribution in [0.25, 0.3) is 21.8 Å². The molecule has 0 saturated heterocycles. The number of anilines is 1. The molecule has 1 atom stereocenters.